The number of imide groups is 1. The summed E-state index contributed by atoms with van der Waals surface area (Å²) in [5.74, 6) is -2.35. The number of hydrogen-bond acceptors (Lipinski definition) is 4. The Kier molecular flexibility index (Phi) is 6.09. The van der Waals surface area contributed by atoms with Crippen molar-refractivity contribution >= 4 is 27.5 Å². The van der Waals surface area contributed by atoms with E-state index in [2.05, 4.69) is 0 Å². The van der Waals surface area contributed by atoms with Gasteiger partial charge in [-0.15, -0.1) is 0 Å². The maximum atomic E-state index is 13.6. The minimum atomic E-state index is -4.20. The number of nitrogens with zero attached hydrogens (tertiary/aromatic N) is 2. The summed E-state index contributed by atoms with van der Waals surface area (Å²) in [7, 11) is -4.20. The largest absolute Gasteiger partial charge is 0.274 e. The number of carbonyl (C=O) groups excluding carboxylic acids is 2. The molecule has 4 rings (SSSR count). The molecule has 0 radical (unpaired) electrons. The molecule has 1 heterocycles. The topological polar surface area (TPSA) is 74.8 Å². The maximum absolute atomic E-state index is 13.6. The van der Waals surface area contributed by atoms with E-state index < -0.39 is 39.5 Å². The molecule has 0 spiro atoms. The lowest BCUT2D eigenvalue weighted by molar-refractivity contribution is -0.122. The number of rotatable bonds is 6. The normalized spacial score (nSPS) is 16.6. The molecule has 0 N–H and O–H groups in total. The highest BCUT2D eigenvalue weighted by atomic mass is 32.2. The molecule has 3 aromatic carbocycles. The molecule has 170 valence electrons. The van der Waals surface area contributed by atoms with Gasteiger partial charge in [0, 0.05) is 6.54 Å². The van der Waals surface area contributed by atoms with Gasteiger partial charge in [0.15, 0.2) is 0 Å². The van der Waals surface area contributed by atoms with Gasteiger partial charge in [0.1, 0.15) is 17.7 Å². The minimum Gasteiger partial charge on any atom is -0.274 e. The molecule has 0 saturated carbocycles. The second-order valence-electron chi connectivity index (χ2n) is 7.75. The molecular weight excluding hydrogens is 450 g/mol. The predicted molar refractivity (Wildman–Crippen MR) is 118 cm³/mol. The van der Waals surface area contributed by atoms with Gasteiger partial charge in [-0.1, -0.05) is 29.8 Å². The zero-order valence-electron chi connectivity index (χ0n) is 17.6. The Hall–Kier alpha value is -3.43. The van der Waals surface area contributed by atoms with Crippen LogP contribution >= 0.6 is 0 Å². The number of hydrogen-bond donors (Lipinski definition) is 0. The van der Waals surface area contributed by atoms with Crippen molar-refractivity contribution in [3.05, 3.63) is 95.6 Å². The highest BCUT2D eigenvalue weighted by molar-refractivity contribution is 7.89. The quantitative estimate of drug-likeness (QED) is 0.514. The smallest absolute Gasteiger partial charge is 0.252 e. The Morgan fingerprint density at radius 1 is 0.879 bits per heavy atom. The molecule has 2 amide bonds. The predicted octanol–water partition coefficient (Wildman–Crippen LogP) is 3.80. The fraction of sp³-hybridized carbons (Fsp3) is 0.167. The second-order valence-corrected chi connectivity index (χ2v) is 9.64. The van der Waals surface area contributed by atoms with Crippen molar-refractivity contribution in [1.82, 2.24) is 4.31 Å². The molecule has 1 aliphatic rings. The van der Waals surface area contributed by atoms with Crippen LogP contribution in [0.4, 0.5) is 14.5 Å². The van der Waals surface area contributed by atoms with E-state index in [0.717, 1.165) is 26.9 Å². The fourth-order valence-corrected chi connectivity index (χ4v) is 5.25. The lowest BCUT2D eigenvalue weighted by atomic mass is 10.2. The lowest BCUT2D eigenvalue weighted by Crippen LogP contribution is -2.45. The van der Waals surface area contributed by atoms with Crippen molar-refractivity contribution in [2.75, 3.05) is 4.90 Å². The van der Waals surface area contributed by atoms with Gasteiger partial charge < -0.3 is 0 Å². The van der Waals surface area contributed by atoms with Crippen molar-refractivity contribution in [3.63, 3.8) is 0 Å². The van der Waals surface area contributed by atoms with Gasteiger partial charge in [-0.25, -0.2) is 22.1 Å². The van der Waals surface area contributed by atoms with E-state index in [-0.39, 0.29) is 23.5 Å². The molecule has 1 atom stereocenters. The van der Waals surface area contributed by atoms with Gasteiger partial charge >= 0.3 is 0 Å². The highest BCUT2D eigenvalue weighted by Crippen LogP contribution is 2.31. The molecule has 6 nitrogen and oxygen atoms in total. The lowest BCUT2D eigenvalue weighted by Gasteiger charge is -2.27. The average Bonchev–Trinajstić information content (AvgIpc) is 3.07. The average molecular weight is 470 g/mol. The number of halogens is 2. The second kappa shape index (κ2) is 8.84. The van der Waals surface area contributed by atoms with Crippen LogP contribution in [0.25, 0.3) is 0 Å². The molecule has 9 heteroatoms. The monoisotopic (exact) mass is 470 g/mol. The first-order valence-electron chi connectivity index (χ1n) is 10.1. The summed E-state index contributed by atoms with van der Waals surface area (Å²) in [5, 5.41) is 0. The number of anilines is 1. The SMILES string of the molecule is Cc1ccc(S(=O)(=O)N(Cc2ccc(F)cc2)C2CC(=O)N(c3ccc(F)cc3)C2=O)cc1. The molecular formula is C24H20F2N2O4S. The van der Waals surface area contributed by atoms with Crippen LogP contribution in [0.15, 0.2) is 77.7 Å². The molecule has 1 aliphatic heterocycles. The summed E-state index contributed by atoms with van der Waals surface area (Å²) in [6, 6.07) is 14.9. The third-order valence-corrected chi connectivity index (χ3v) is 7.30. The van der Waals surface area contributed by atoms with Crippen LogP contribution in [0.2, 0.25) is 0 Å². The molecule has 1 unspecified atom stereocenters. The Morgan fingerprint density at radius 3 is 2.00 bits per heavy atom. The van der Waals surface area contributed by atoms with Crippen LogP contribution < -0.4 is 4.90 Å². The van der Waals surface area contributed by atoms with Gasteiger partial charge in [0.25, 0.3) is 5.91 Å². The van der Waals surface area contributed by atoms with E-state index >= 15 is 0 Å². The first-order chi connectivity index (χ1) is 15.7. The molecule has 0 bridgehead atoms. The Balaban J connectivity index is 1.74. The molecule has 0 aliphatic carbocycles. The van der Waals surface area contributed by atoms with Gasteiger partial charge in [-0.05, 0) is 61.0 Å². The summed E-state index contributed by atoms with van der Waals surface area (Å²) in [6.07, 6.45) is -0.373. The van der Waals surface area contributed by atoms with Crippen LogP contribution in [0.3, 0.4) is 0 Å². The van der Waals surface area contributed by atoms with Gasteiger partial charge in [0.05, 0.1) is 17.0 Å². The molecule has 1 saturated heterocycles. The molecule has 33 heavy (non-hydrogen) atoms. The standard InChI is InChI=1S/C24H20F2N2O4S/c1-16-2-12-21(13-3-16)33(31,32)27(15-17-4-6-18(25)7-5-17)22-14-23(29)28(24(22)30)20-10-8-19(26)9-11-20/h2-13,22H,14-15H2,1H3. The summed E-state index contributed by atoms with van der Waals surface area (Å²) in [6.45, 7) is 1.57. The number of sulfonamides is 1. The van der Waals surface area contributed by atoms with Gasteiger partial charge in [0.2, 0.25) is 15.9 Å². The van der Waals surface area contributed by atoms with E-state index in [1.165, 1.54) is 48.5 Å². The number of aryl methyl sites for hydroxylation is 1. The van der Waals surface area contributed by atoms with E-state index in [4.69, 9.17) is 0 Å². The van der Waals surface area contributed by atoms with Gasteiger partial charge in [-0.2, -0.15) is 4.31 Å². The molecule has 3 aromatic rings. The van der Waals surface area contributed by atoms with Crippen molar-refractivity contribution in [2.24, 2.45) is 0 Å². The van der Waals surface area contributed by atoms with E-state index in [0.29, 0.717) is 5.56 Å². The first-order valence-corrected chi connectivity index (χ1v) is 11.6. The van der Waals surface area contributed by atoms with Crippen molar-refractivity contribution < 1.29 is 26.8 Å². The van der Waals surface area contributed by atoms with E-state index in [1.54, 1.807) is 12.1 Å². The summed E-state index contributed by atoms with van der Waals surface area (Å²) < 4.78 is 54.8. The molecule has 1 fully saturated rings. The summed E-state index contributed by atoms with van der Waals surface area (Å²) in [4.78, 5) is 26.8. The van der Waals surface area contributed by atoms with Crippen molar-refractivity contribution in [1.29, 1.82) is 0 Å². The van der Waals surface area contributed by atoms with Crippen LogP contribution in [-0.2, 0) is 26.2 Å². The van der Waals surface area contributed by atoms with E-state index in [1.807, 2.05) is 6.92 Å². The van der Waals surface area contributed by atoms with Gasteiger partial charge in [-0.3, -0.25) is 9.59 Å². The molecule has 0 aromatic heterocycles. The zero-order valence-corrected chi connectivity index (χ0v) is 18.4. The van der Waals surface area contributed by atoms with E-state index in [9.17, 15) is 26.8 Å². The van der Waals surface area contributed by atoms with Crippen LogP contribution in [0.1, 0.15) is 17.5 Å². The minimum absolute atomic E-state index is 0.0318. The number of benzene rings is 3. The third kappa shape index (κ3) is 4.55. The third-order valence-electron chi connectivity index (χ3n) is 5.43. The highest BCUT2D eigenvalue weighted by Gasteiger charge is 2.47. The van der Waals surface area contributed by atoms with Crippen molar-refractivity contribution in [3.8, 4) is 0 Å². The van der Waals surface area contributed by atoms with Crippen molar-refractivity contribution in [2.45, 2.75) is 30.8 Å². The van der Waals surface area contributed by atoms with Crippen LogP contribution in [0, 0.1) is 18.6 Å². The Labute approximate surface area is 190 Å². The number of amides is 2. The Morgan fingerprint density at radius 2 is 1.42 bits per heavy atom. The van der Waals surface area contributed by atoms with Crippen LogP contribution in [-0.4, -0.2) is 30.6 Å². The first kappa shape index (κ1) is 22.8. The number of carbonyl (C=O) groups is 2. The maximum Gasteiger partial charge on any atom is 0.252 e. The zero-order chi connectivity index (χ0) is 23.8. The van der Waals surface area contributed by atoms with Crippen LogP contribution in [0.5, 0.6) is 0 Å². The summed E-state index contributed by atoms with van der Waals surface area (Å²) in [5.41, 5.74) is 1.46. The Bertz CT molecular complexity index is 1290. The fourth-order valence-electron chi connectivity index (χ4n) is 3.68. The summed E-state index contributed by atoms with van der Waals surface area (Å²) >= 11 is 0.